The zero-order valence-electron chi connectivity index (χ0n) is 16.1. The van der Waals surface area contributed by atoms with Crippen molar-refractivity contribution < 1.29 is 14.0 Å². The van der Waals surface area contributed by atoms with Gasteiger partial charge in [0.1, 0.15) is 0 Å². The van der Waals surface area contributed by atoms with Gasteiger partial charge in [-0.25, -0.2) is 0 Å². The fourth-order valence-electron chi connectivity index (χ4n) is 3.09. The lowest BCUT2D eigenvalue weighted by atomic mass is 10.0. The topological polar surface area (TPSA) is 62.6 Å². The van der Waals surface area contributed by atoms with Gasteiger partial charge in [-0.2, -0.15) is 0 Å². The van der Waals surface area contributed by atoms with Crippen molar-refractivity contribution in [3.63, 3.8) is 0 Å². The number of carbonyl (C=O) groups excluding carboxylic acids is 2. The molecule has 1 aromatic carbocycles. The van der Waals surface area contributed by atoms with Gasteiger partial charge in [-0.3, -0.25) is 9.59 Å². The van der Waals surface area contributed by atoms with Crippen LogP contribution in [0.1, 0.15) is 67.1 Å². The lowest BCUT2D eigenvalue weighted by Crippen LogP contribution is -2.33. The van der Waals surface area contributed by atoms with E-state index in [1.54, 1.807) is 12.1 Å². The number of nitrogens with one attached hydrogen (secondary N) is 1. The maximum Gasteiger partial charge on any atom is 0.286 e. The van der Waals surface area contributed by atoms with Crippen LogP contribution < -0.4 is 5.32 Å². The molecule has 1 N–H and O–H groups in total. The number of carbonyl (C=O) groups is 2. The summed E-state index contributed by atoms with van der Waals surface area (Å²) in [6.07, 6.45) is 4.72. The molecule has 0 unspecified atom stereocenters. The van der Waals surface area contributed by atoms with Gasteiger partial charge < -0.3 is 14.6 Å². The van der Waals surface area contributed by atoms with E-state index in [1.807, 2.05) is 4.90 Å². The highest BCUT2D eigenvalue weighted by Crippen LogP contribution is 2.29. The molecule has 0 saturated heterocycles. The largest absolute Gasteiger partial charge is 0.459 e. The second-order valence-electron chi connectivity index (χ2n) is 7.49. The minimum atomic E-state index is -0.239. The number of benzene rings is 1. The summed E-state index contributed by atoms with van der Waals surface area (Å²) in [6.45, 7) is 5.49. The van der Waals surface area contributed by atoms with Crippen molar-refractivity contribution in [2.24, 2.45) is 0 Å². The lowest BCUT2D eigenvalue weighted by Gasteiger charge is -2.23. The van der Waals surface area contributed by atoms with Crippen molar-refractivity contribution in [2.45, 2.75) is 58.0 Å². The minimum Gasteiger partial charge on any atom is -0.459 e. The van der Waals surface area contributed by atoms with Gasteiger partial charge in [-0.05, 0) is 48.4 Å². The quantitative estimate of drug-likeness (QED) is 0.678. The van der Waals surface area contributed by atoms with Gasteiger partial charge in [0.05, 0.1) is 6.26 Å². The summed E-state index contributed by atoms with van der Waals surface area (Å²) < 4.78 is 5.05. The molecule has 144 valence electrons. The predicted octanol–water partition coefficient (Wildman–Crippen LogP) is 4.10. The van der Waals surface area contributed by atoms with Gasteiger partial charge in [0, 0.05) is 25.6 Å². The fourth-order valence-corrected chi connectivity index (χ4v) is 3.09. The molecule has 0 spiro atoms. The van der Waals surface area contributed by atoms with Crippen LogP contribution in [0.3, 0.4) is 0 Å². The van der Waals surface area contributed by atoms with Gasteiger partial charge in [-0.1, -0.05) is 38.1 Å². The summed E-state index contributed by atoms with van der Waals surface area (Å²) in [7, 11) is 0. The first-order valence-electron chi connectivity index (χ1n) is 9.74. The van der Waals surface area contributed by atoms with Gasteiger partial charge >= 0.3 is 0 Å². The van der Waals surface area contributed by atoms with Crippen molar-refractivity contribution in [1.29, 1.82) is 0 Å². The molecule has 0 atom stereocenters. The first-order chi connectivity index (χ1) is 13.0. The van der Waals surface area contributed by atoms with Gasteiger partial charge in [0.25, 0.3) is 5.91 Å². The van der Waals surface area contributed by atoms with Crippen molar-refractivity contribution in [1.82, 2.24) is 10.2 Å². The number of rotatable bonds is 9. The Hall–Kier alpha value is -2.56. The highest BCUT2D eigenvalue weighted by molar-refractivity contribution is 5.91. The molecule has 0 bridgehead atoms. The van der Waals surface area contributed by atoms with Gasteiger partial charge in [0.2, 0.25) is 5.91 Å². The number of hydrogen-bond donors (Lipinski definition) is 1. The summed E-state index contributed by atoms with van der Waals surface area (Å²) >= 11 is 0. The van der Waals surface area contributed by atoms with Crippen LogP contribution in [-0.2, 0) is 11.3 Å². The Morgan fingerprint density at radius 3 is 2.52 bits per heavy atom. The molecule has 1 aliphatic rings. The molecule has 5 nitrogen and oxygen atoms in total. The van der Waals surface area contributed by atoms with E-state index < -0.39 is 0 Å². The Morgan fingerprint density at radius 1 is 1.19 bits per heavy atom. The molecular weight excluding hydrogens is 340 g/mol. The van der Waals surface area contributed by atoms with E-state index in [2.05, 4.69) is 43.4 Å². The molecule has 27 heavy (non-hydrogen) atoms. The maximum absolute atomic E-state index is 12.7. The smallest absolute Gasteiger partial charge is 0.286 e. The Labute approximate surface area is 160 Å². The minimum absolute atomic E-state index is 0.165. The van der Waals surface area contributed by atoms with E-state index in [1.165, 1.54) is 17.4 Å². The third kappa shape index (κ3) is 5.46. The summed E-state index contributed by atoms with van der Waals surface area (Å²) in [5.74, 6) is 0.733. The van der Waals surface area contributed by atoms with Crippen LogP contribution in [0.2, 0.25) is 0 Å². The first kappa shape index (κ1) is 19.2. The number of nitrogens with zero attached hydrogens (tertiary/aromatic N) is 1. The van der Waals surface area contributed by atoms with E-state index in [0.717, 1.165) is 12.8 Å². The molecule has 0 aliphatic heterocycles. The zero-order valence-corrected chi connectivity index (χ0v) is 16.1. The molecule has 1 saturated carbocycles. The van der Waals surface area contributed by atoms with Gasteiger partial charge in [0.15, 0.2) is 5.76 Å². The van der Waals surface area contributed by atoms with Crippen LogP contribution in [0.4, 0.5) is 0 Å². The third-order valence-electron chi connectivity index (χ3n) is 4.91. The molecule has 2 amide bonds. The van der Waals surface area contributed by atoms with E-state index in [-0.39, 0.29) is 11.8 Å². The van der Waals surface area contributed by atoms with Crippen LogP contribution in [0.5, 0.6) is 0 Å². The van der Waals surface area contributed by atoms with Crippen LogP contribution >= 0.6 is 0 Å². The summed E-state index contributed by atoms with van der Waals surface area (Å²) in [6, 6.07) is 12.2. The van der Waals surface area contributed by atoms with E-state index in [4.69, 9.17) is 4.42 Å². The average molecular weight is 368 g/mol. The normalized spacial score (nSPS) is 13.6. The van der Waals surface area contributed by atoms with Crippen molar-refractivity contribution in [3.8, 4) is 0 Å². The number of hydrogen-bond acceptors (Lipinski definition) is 3. The van der Waals surface area contributed by atoms with E-state index >= 15 is 0 Å². The molecule has 1 heterocycles. The monoisotopic (exact) mass is 368 g/mol. The second kappa shape index (κ2) is 8.89. The SMILES string of the molecule is CC(C)c1ccc(CN(C(=O)CCCNC(=O)c2ccco2)C2CC2)cc1. The Bertz CT molecular complexity index is 746. The molecule has 1 fully saturated rings. The van der Waals surface area contributed by atoms with Crippen molar-refractivity contribution >= 4 is 11.8 Å². The highest BCUT2D eigenvalue weighted by atomic mass is 16.3. The molecule has 5 heteroatoms. The molecule has 1 aromatic heterocycles. The standard InChI is InChI=1S/C22H28N2O3/c1-16(2)18-9-7-17(8-10-18)15-24(19-11-12-19)21(25)6-3-13-23-22(26)20-5-4-14-27-20/h4-5,7-10,14,16,19H,3,6,11-13,15H2,1-2H3,(H,23,26). The molecular formula is C22H28N2O3. The Morgan fingerprint density at radius 2 is 1.93 bits per heavy atom. The highest BCUT2D eigenvalue weighted by Gasteiger charge is 2.32. The maximum atomic E-state index is 12.7. The first-order valence-corrected chi connectivity index (χ1v) is 9.74. The Kier molecular flexibility index (Phi) is 6.32. The molecule has 1 aliphatic carbocycles. The number of amides is 2. The number of furan rings is 1. The van der Waals surface area contributed by atoms with Crippen molar-refractivity contribution in [2.75, 3.05) is 6.54 Å². The fraction of sp³-hybridized carbons (Fsp3) is 0.455. The second-order valence-corrected chi connectivity index (χ2v) is 7.49. The molecule has 3 rings (SSSR count). The van der Waals surface area contributed by atoms with E-state index in [9.17, 15) is 9.59 Å². The molecule has 0 radical (unpaired) electrons. The van der Waals surface area contributed by atoms with Crippen LogP contribution in [0.25, 0.3) is 0 Å². The molecule has 2 aromatic rings. The lowest BCUT2D eigenvalue weighted by molar-refractivity contribution is -0.132. The van der Waals surface area contributed by atoms with Crippen molar-refractivity contribution in [3.05, 3.63) is 59.5 Å². The Balaban J connectivity index is 1.46. The predicted molar refractivity (Wildman–Crippen MR) is 104 cm³/mol. The van der Waals surface area contributed by atoms with E-state index in [0.29, 0.717) is 43.7 Å². The zero-order chi connectivity index (χ0) is 19.2. The summed E-state index contributed by atoms with van der Waals surface area (Å²) in [5, 5.41) is 2.79. The average Bonchev–Trinajstić information content (AvgIpc) is 3.35. The van der Waals surface area contributed by atoms with Crippen LogP contribution in [-0.4, -0.2) is 29.3 Å². The van der Waals surface area contributed by atoms with Gasteiger partial charge in [-0.15, -0.1) is 0 Å². The van der Waals surface area contributed by atoms with Crippen LogP contribution in [0, 0.1) is 0 Å². The summed E-state index contributed by atoms with van der Waals surface area (Å²) in [4.78, 5) is 26.5. The summed E-state index contributed by atoms with van der Waals surface area (Å²) in [5.41, 5.74) is 2.49. The van der Waals surface area contributed by atoms with Crippen LogP contribution in [0.15, 0.2) is 47.1 Å². The third-order valence-corrected chi connectivity index (χ3v) is 4.91.